The van der Waals surface area contributed by atoms with E-state index in [-0.39, 0.29) is 12.0 Å². The van der Waals surface area contributed by atoms with Crippen molar-refractivity contribution >= 4 is 44.7 Å². The second kappa shape index (κ2) is 7.43. The summed E-state index contributed by atoms with van der Waals surface area (Å²) in [5.41, 5.74) is 1.91. The molecule has 0 spiro atoms. The van der Waals surface area contributed by atoms with Gasteiger partial charge in [-0.25, -0.2) is 4.98 Å². The van der Waals surface area contributed by atoms with E-state index in [1.807, 2.05) is 18.2 Å². The molecule has 122 valence electrons. The Morgan fingerprint density at radius 2 is 2.39 bits per heavy atom. The van der Waals surface area contributed by atoms with Crippen LogP contribution in [0.3, 0.4) is 0 Å². The molecule has 1 aromatic carbocycles. The molecule has 1 N–H and O–H groups in total. The molecule has 2 aromatic rings. The predicted molar refractivity (Wildman–Crippen MR) is 94.9 cm³/mol. The van der Waals surface area contributed by atoms with Gasteiger partial charge in [-0.2, -0.15) is 0 Å². The minimum atomic E-state index is -0.297. The Balaban J connectivity index is 1.73. The molecule has 0 amide bonds. The van der Waals surface area contributed by atoms with Gasteiger partial charge in [0.25, 0.3) is 0 Å². The van der Waals surface area contributed by atoms with Crippen molar-refractivity contribution in [3.05, 3.63) is 34.3 Å². The van der Waals surface area contributed by atoms with Crippen molar-refractivity contribution in [2.24, 2.45) is 0 Å². The fourth-order valence-corrected chi connectivity index (χ4v) is 3.83. The number of ether oxygens (including phenoxy) is 1. The van der Waals surface area contributed by atoms with Crippen molar-refractivity contribution in [1.29, 1.82) is 0 Å². The number of carbonyl (C=O) groups excluding carboxylic acids is 1. The Kier molecular flexibility index (Phi) is 5.30. The van der Waals surface area contributed by atoms with Gasteiger partial charge in [0, 0.05) is 13.0 Å². The molecular formula is C17H19ClN2O2S. The number of para-hydroxylation sites is 1. The lowest BCUT2D eigenvalue weighted by atomic mass is 10.0. The lowest BCUT2D eigenvalue weighted by Gasteiger charge is -2.21. The Morgan fingerprint density at radius 3 is 3.17 bits per heavy atom. The molecule has 0 saturated carbocycles. The summed E-state index contributed by atoms with van der Waals surface area (Å²) in [7, 11) is 0. The number of esters is 1. The molecular weight excluding hydrogens is 332 g/mol. The second-order valence-corrected chi connectivity index (χ2v) is 6.96. The molecule has 1 aromatic heterocycles. The minimum absolute atomic E-state index is 0.178. The van der Waals surface area contributed by atoms with Gasteiger partial charge in [0.05, 0.1) is 16.3 Å². The van der Waals surface area contributed by atoms with Crippen LogP contribution in [0.1, 0.15) is 31.2 Å². The fraction of sp³-hybridized carbons (Fsp3) is 0.412. The van der Waals surface area contributed by atoms with Gasteiger partial charge in [0.15, 0.2) is 0 Å². The highest BCUT2D eigenvalue weighted by molar-refractivity contribution is 7.19. The van der Waals surface area contributed by atoms with Crippen LogP contribution in [-0.4, -0.2) is 30.1 Å². The van der Waals surface area contributed by atoms with Gasteiger partial charge in [0.1, 0.15) is 16.6 Å². The number of nitrogens with one attached hydrogen (secondary N) is 1. The minimum Gasteiger partial charge on any atom is -0.465 e. The van der Waals surface area contributed by atoms with Crippen LogP contribution in [0.15, 0.2) is 24.3 Å². The van der Waals surface area contributed by atoms with E-state index in [1.54, 1.807) is 11.3 Å². The van der Waals surface area contributed by atoms with E-state index >= 15 is 0 Å². The van der Waals surface area contributed by atoms with Gasteiger partial charge >= 0.3 is 5.97 Å². The molecule has 23 heavy (non-hydrogen) atoms. The summed E-state index contributed by atoms with van der Waals surface area (Å²) in [6.45, 7) is 3.21. The molecule has 4 nitrogen and oxygen atoms in total. The lowest BCUT2D eigenvalue weighted by Crippen LogP contribution is -2.40. The van der Waals surface area contributed by atoms with Crippen molar-refractivity contribution < 1.29 is 9.53 Å². The number of fused-ring (bicyclic) bond motifs is 1. The van der Waals surface area contributed by atoms with Crippen molar-refractivity contribution in [1.82, 2.24) is 10.3 Å². The number of aromatic nitrogens is 1. The van der Waals surface area contributed by atoms with Crippen LogP contribution in [0.5, 0.6) is 0 Å². The maximum Gasteiger partial charge on any atom is 0.323 e. The van der Waals surface area contributed by atoms with Crippen LogP contribution in [0.4, 0.5) is 0 Å². The molecule has 1 aliphatic heterocycles. The average molecular weight is 351 g/mol. The van der Waals surface area contributed by atoms with Crippen molar-refractivity contribution in [2.45, 2.75) is 32.2 Å². The zero-order valence-corrected chi connectivity index (χ0v) is 14.5. The van der Waals surface area contributed by atoms with Crippen molar-refractivity contribution in [2.75, 3.05) is 13.2 Å². The van der Waals surface area contributed by atoms with E-state index in [4.69, 9.17) is 16.3 Å². The van der Waals surface area contributed by atoms with E-state index < -0.39 is 0 Å². The number of rotatable bonds is 5. The Labute approximate surface area is 144 Å². The standard InChI is InChI=1S/C17H19ClN2O2S/c1-2-3-9-22-17(21)13-10-11(7-8-19-13)16-20-15-12(18)5-4-6-14(15)23-16/h4-7,13,19H,2-3,8-10H2,1H3. The van der Waals surface area contributed by atoms with E-state index in [9.17, 15) is 4.79 Å². The summed E-state index contributed by atoms with van der Waals surface area (Å²) in [6.07, 6.45) is 4.60. The SMILES string of the molecule is CCCCOC(=O)C1CC(c2nc3c(Cl)cccc3s2)=CCN1. The molecule has 0 saturated heterocycles. The Bertz CT molecular complexity index is 741. The number of carbonyl (C=O) groups is 1. The zero-order chi connectivity index (χ0) is 16.2. The monoisotopic (exact) mass is 350 g/mol. The third-order valence-electron chi connectivity index (χ3n) is 3.81. The van der Waals surface area contributed by atoms with Crippen molar-refractivity contribution in [3.63, 3.8) is 0 Å². The van der Waals surface area contributed by atoms with Crippen LogP contribution < -0.4 is 5.32 Å². The van der Waals surface area contributed by atoms with Gasteiger partial charge in [0.2, 0.25) is 0 Å². The third kappa shape index (κ3) is 3.74. The fourth-order valence-electron chi connectivity index (χ4n) is 2.51. The van der Waals surface area contributed by atoms with E-state index in [2.05, 4.69) is 23.3 Å². The summed E-state index contributed by atoms with van der Waals surface area (Å²) in [5, 5.41) is 4.78. The lowest BCUT2D eigenvalue weighted by molar-refractivity contribution is -0.146. The summed E-state index contributed by atoms with van der Waals surface area (Å²) in [5.74, 6) is -0.178. The largest absolute Gasteiger partial charge is 0.465 e. The zero-order valence-electron chi connectivity index (χ0n) is 13.0. The molecule has 6 heteroatoms. The number of hydrogen-bond acceptors (Lipinski definition) is 5. The van der Waals surface area contributed by atoms with Crippen LogP contribution in [0.25, 0.3) is 15.8 Å². The number of benzene rings is 1. The van der Waals surface area contributed by atoms with Gasteiger partial charge < -0.3 is 10.1 Å². The van der Waals surface area contributed by atoms with E-state index in [1.165, 1.54) is 0 Å². The molecule has 1 unspecified atom stereocenters. The summed E-state index contributed by atoms with van der Waals surface area (Å²) < 4.78 is 6.38. The first kappa shape index (κ1) is 16.4. The summed E-state index contributed by atoms with van der Waals surface area (Å²) in [6, 6.07) is 5.49. The molecule has 0 aliphatic carbocycles. The topological polar surface area (TPSA) is 51.2 Å². The van der Waals surface area contributed by atoms with Gasteiger partial charge in [-0.3, -0.25) is 4.79 Å². The summed E-state index contributed by atoms with van der Waals surface area (Å²) >= 11 is 7.81. The average Bonchev–Trinajstić information content (AvgIpc) is 3.01. The number of thiazole rings is 1. The maximum atomic E-state index is 12.1. The molecule has 0 bridgehead atoms. The van der Waals surface area contributed by atoms with Crippen molar-refractivity contribution in [3.8, 4) is 0 Å². The highest BCUT2D eigenvalue weighted by Gasteiger charge is 2.25. The molecule has 0 radical (unpaired) electrons. The molecule has 1 atom stereocenters. The van der Waals surface area contributed by atoms with Crippen LogP contribution >= 0.6 is 22.9 Å². The summed E-state index contributed by atoms with van der Waals surface area (Å²) in [4.78, 5) is 16.8. The first-order valence-corrected chi connectivity index (χ1v) is 9.03. The number of hydrogen-bond donors (Lipinski definition) is 1. The van der Waals surface area contributed by atoms with Crippen LogP contribution in [-0.2, 0) is 9.53 Å². The van der Waals surface area contributed by atoms with Gasteiger partial charge in [-0.05, 0) is 24.1 Å². The maximum absolute atomic E-state index is 12.1. The van der Waals surface area contributed by atoms with E-state index in [0.29, 0.717) is 24.6 Å². The van der Waals surface area contributed by atoms with Gasteiger partial charge in [-0.15, -0.1) is 11.3 Å². The van der Waals surface area contributed by atoms with Crippen LogP contribution in [0.2, 0.25) is 5.02 Å². The highest BCUT2D eigenvalue weighted by Crippen LogP contribution is 2.33. The number of nitrogens with zero attached hydrogens (tertiary/aromatic N) is 1. The molecule has 1 aliphatic rings. The Hall–Kier alpha value is -1.43. The van der Waals surface area contributed by atoms with Gasteiger partial charge in [-0.1, -0.05) is 37.1 Å². The molecule has 2 heterocycles. The predicted octanol–water partition coefficient (Wildman–Crippen LogP) is 4.04. The second-order valence-electron chi connectivity index (χ2n) is 5.52. The highest BCUT2D eigenvalue weighted by atomic mass is 35.5. The third-order valence-corrected chi connectivity index (χ3v) is 5.21. The smallest absolute Gasteiger partial charge is 0.323 e. The quantitative estimate of drug-likeness (QED) is 0.653. The first-order valence-electron chi connectivity index (χ1n) is 7.83. The number of halogens is 1. The first-order chi connectivity index (χ1) is 11.2. The van der Waals surface area contributed by atoms with E-state index in [0.717, 1.165) is 33.6 Å². The molecule has 3 rings (SSSR count). The Morgan fingerprint density at radius 1 is 1.52 bits per heavy atom. The molecule has 0 fully saturated rings. The normalized spacial score (nSPS) is 18.0. The number of unbranched alkanes of at least 4 members (excludes halogenated alkanes) is 1. The van der Waals surface area contributed by atoms with Crippen LogP contribution in [0, 0.1) is 0 Å².